The van der Waals surface area contributed by atoms with E-state index in [1.54, 1.807) is 50.4 Å². The maximum Gasteiger partial charge on any atom is 0.417 e. The van der Waals surface area contributed by atoms with Gasteiger partial charge in [0.05, 0.1) is 16.7 Å². The molecule has 0 unspecified atom stereocenters. The molecule has 222 valence electrons. The quantitative estimate of drug-likeness (QED) is 0.177. The molecule has 1 aromatic heterocycles. The summed E-state index contributed by atoms with van der Waals surface area (Å²) in [5.41, 5.74) is 2.40. The molecular formula is C31H25ClF3N3O5. The predicted octanol–water partition coefficient (Wildman–Crippen LogP) is 7.94. The summed E-state index contributed by atoms with van der Waals surface area (Å²) in [5.74, 6) is -1.92. The topological polar surface area (TPSA) is 126 Å². The molecule has 4 aromatic carbocycles. The van der Waals surface area contributed by atoms with Gasteiger partial charge in [0.25, 0.3) is 5.89 Å². The lowest BCUT2D eigenvalue weighted by molar-refractivity contribution is -0.137. The molecule has 0 bridgehead atoms. The summed E-state index contributed by atoms with van der Waals surface area (Å²) < 4.78 is 46.8. The van der Waals surface area contributed by atoms with Gasteiger partial charge < -0.3 is 20.1 Å². The molecule has 12 heteroatoms. The predicted molar refractivity (Wildman–Crippen MR) is 158 cm³/mol. The first-order chi connectivity index (χ1) is 20.0. The maximum atomic E-state index is 13.8. The van der Waals surface area contributed by atoms with Crippen molar-refractivity contribution in [1.29, 1.82) is 0 Å². The van der Waals surface area contributed by atoms with Gasteiger partial charge >= 0.3 is 18.1 Å². The van der Waals surface area contributed by atoms with Crippen molar-refractivity contribution in [3.05, 3.63) is 113 Å². The lowest BCUT2D eigenvalue weighted by Crippen LogP contribution is -2.08. The Morgan fingerprint density at radius 1 is 0.791 bits per heavy atom. The number of alkyl halides is 3. The van der Waals surface area contributed by atoms with Crippen molar-refractivity contribution < 1.29 is 37.5 Å². The number of carboxylic acid groups (broad SMARTS) is 2. The van der Waals surface area contributed by atoms with Crippen LogP contribution in [-0.4, -0.2) is 39.3 Å². The van der Waals surface area contributed by atoms with Gasteiger partial charge in [-0.25, -0.2) is 9.59 Å². The first kappa shape index (κ1) is 32.4. The van der Waals surface area contributed by atoms with Gasteiger partial charge in [-0.1, -0.05) is 53.7 Å². The molecule has 1 heterocycles. The van der Waals surface area contributed by atoms with Crippen LogP contribution < -0.4 is 5.32 Å². The first-order valence-corrected chi connectivity index (χ1v) is 12.4. The van der Waals surface area contributed by atoms with Crippen molar-refractivity contribution in [2.45, 2.75) is 13.1 Å². The number of carbonyl (C=O) groups is 2. The lowest BCUT2D eigenvalue weighted by Gasteiger charge is -2.15. The molecule has 3 N–H and O–H groups in total. The first-order valence-electron chi connectivity index (χ1n) is 12.4. The molecule has 0 amide bonds. The third-order valence-corrected chi connectivity index (χ3v) is 6.20. The molecule has 0 aliphatic heterocycles. The second-order valence-electron chi connectivity index (χ2n) is 9.02. The minimum atomic E-state index is -4.53. The van der Waals surface area contributed by atoms with E-state index in [-0.39, 0.29) is 40.6 Å². The molecule has 43 heavy (non-hydrogen) atoms. The van der Waals surface area contributed by atoms with E-state index in [0.717, 1.165) is 23.4 Å². The Labute approximate surface area is 250 Å². The summed E-state index contributed by atoms with van der Waals surface area (Å²) in [5, 5.41) is 23.9. The highest BCUT2D eigenvalue weighted by Crippen LogP contribution is 2.40. The Balaban J connectivity index is 0.000000329. The lowest BCUT2D eigenvalue weighted by atomic mass is 9.94. The van der Waals surface area contributed by atoms with E-state index in [9.17, 15) is 22.8 Å². The molecule has 8 nitrogen and oxygen atoms in total. The molecule has 0 saturated heterocycles. The number of rotatable bonds is 6. The molecule has 0 spiro atoms. The number of halogens is 4. The van der Waals surface area contributed by atoms with E-state index in [0.29, 0.717) is 17.0 Å². The van der Waals surface area contributed by atoms with Crippen molar-refractivity contribution in [3.63, 3.8) is 0 Å². The number of aryl methyl sites for hydroxylation is 1. The minimum absolute atomic E-state index is 0. The zero-order valence-electron chi connectivity index (χ0n) is 22.7. The normalized spacial score (nSPS) is 10.6. The second-order valence-corrected chi connectivity index (χ2v) is 9.02. The van der Waals surface area contributed by atoms with Crippen molar-refractivity contribution in [2.24, 2.45) is 0 Å². The van der Waals surface area contributed by atoms with Crippen molar-refractivity contribution >= 4 is 30.0 Å². The van der Waals surface area contributed by atoms with Gasteiger partial charge in [0.15, 0.2) is 0 Å². The molecule has 0 aliphatic rings. The Bertz CT molecular complexity index is 1730. The van der Waals surface area contributed by atoms with E-state index < -0.39 is 23.7 Å². The van der Waals surface area contributed by atoms with E-state index >= 15 is 0 Å². The highest BCUT2D eigenvalue weighted by Gasteiger charge is 2.34. The van der Waals surface area contributed by atoms with Crippen molar-refractivity contribution in [1.82, 2.24) is 10.1 Å². The maximum absolute atomic E-state index is 13.8. The minimum Gasteiger partial charge on any atom is -0.478 e. The second kappa shape index (κ2) is 13.7. The van der Waals surface area contributed by atoms with Gasteiger partial charge in [-0.15, -0.1) is 12.4 Å². The Kier molecular flexibility index (Phi) is 10.3. The fourth-order valence-electron chi connectivity index (χ4n) is 4.08. The number of hydrogen-bond donors (Lipinski definition) is 3. The third kappa shape index (κ3) is 7.77. The van der Waals surface area contributed by atoms with Crippen LogP contribution in [0.3, 0.4) is 0 Å². The van der Waals surface area contributed by atoms with Gasteiger partial charge in [-0.05, 0) is 66.1 Å². The molecule has 0 atom stereocenters. The van der Waals surface area contributed by atoms with Crippen molar-refractivity contribution in [2.75, 3.05) is 12.4 Å². The number of aromatic nitrogens is 2. The van der Waals surface area contributed by atoms with E-state index in [2.05, 4.69) is 15.5 Å². The smallest absolute Gasteiger partial charge is 0.417 e. The molecule has 0 radical (unpaired) electrons. The molecule has 5 aromatic rings. The van der Waals surface area contributed by atoms with Gasteiger partial charge in [0.2, 0.25) is 5.82 Å². The largest absolute Gasteiger partial charge is 0.478 e. The third-order valence-electron chi connectivity index (χ3n) is 6.20. The summed E-state index contributed by atoms with van der Waals surface area (Å²) >= 11 is 0. The van der Waals surface area contributed by atoms with E-state index in [4.69, 9.17) is 14.7 Å². The fraction of sp³-hybridized carbons (Fsp3) is 0.0968. The van der Waals surface area contributed by atoms with Crippen LogP contribution in [0.15, 0.2) is 95.5 Å². The SMILES string of the molecule is CNc1cccc(-c2noc(-c3ccc(-c4ccccc4C)c(C(F)(F)F)c3)n2)c1.Cl.O=C(O)c1cccc(C(=O)O)c1. The Hall–Kier alpha value is -5.16. The van der Waals surface area contributed by atoms with Crippen LogP contribution in [0.1, 0.15) is 31.8 Å². The highest BCUT2D eigenvalue weighted by atomic mass is 35.5. The van der Waals surface area contributed by atoms with Crippen LogP contribution in [0.2, 0.25) is 0 Å². The van der Waals surface area contributed by atoms with Gasteiger partial charge in [-0.3, -0.25) is 0 Å². The Morgan fingerprint density at radius 3 is 2.05 bits per heavy atom. The fourth-order valence-corrected chi connectivity index (χ4v) is 4.08. The van der Waals surface area contributed by atoms with Crippen LogP contribution in [0.5, 0.6) is 0 Å². The zero-order chi connectivity index (χ0) is 30.4. The molecule has 5 rings (SSSR count). The molecule has 0 saturated carbocycles. The monoisotopic (exact) mass is 611 g/mol. The van der Waals surface area contributed by atoms with Gasteiger partial charge in [0, 0.05) is 23.9 Å². The Morgan fingerprint density at radius 2 is 1.44 bits per heavy atom. The summed E-state index contributed by atoms with van der Waals surface area (Å²) in [6.45, 7) is 1.78. The average molecular weight is 612 g/mol. The van der Waals surface area contributed by atoms with Crippen molar-refractivity contribution in [3.8, 4) is 34.0 Å². The number of anilines is 1. The van der Waals surface area contributed by atoms with Crippen LogP contribution in [0, 0.1) is 6.92 Å². The van der Waals surface area contributed by atoms with E-state index in [1.165, 1.54) is 24.3 Å². The molecule has 0 aliphatic carbocycles. The summed E-state index contributed by atoms with van der Waals surface area (Å²) in [6.07, 6.45) is -4.53. The van der Waals surface area contributed by atoms with Crippen LogP contribution in [-0.2, 0) is 6.18 Å². The van der Waals surface area contributed by atoms with Crippen LogP contribution in [0.25, 0.3) is 34.0 Å². The summed E-state index contributed by atoms with van der Waals surface area (Å²) in [4.78, 5) is 25.1. The number of benzene rings is 4. The van der Waals surface area contributed by atoms with Crippen LogP contribution in [0.4, 0.5) is 18.9 Å². The highest BCUT2D eigenvalue weighted by molar-refractivity contribution is 5.93. The number of nitrogens with zero attached hydrogens (tertiary/aromatic N) is 2. The van der Waals surface area contributed by atoms with Gasteiger partial charge in [-0.2, -0.15) is 18.2 Å². The molecular weight excluding hydrogens is 587 g/mol. The average Bonchev–Trinajstić information content (AvgIpc) is 3.48. The molecule has 0 fully saturated rings. The number of nitrogens with one attached hydrogen (secondary N) is 1. The summed E-state index contributed by atoms with van der Waals surface area (Å²) in [7, 11) is 1.79. The van der Waals surface area contributed by atoms with Gasteiger partial charge in [0.1, 0.15) is 0 Å². The number of aromatic carboxylic acids is 2. The summed E-state index contributed by atoms with van der Waals surface area (Å²) in [6, 6.07) is 23.6. The number of hydrogen-bond acceptors (Lipinski definition) is 6. The van der Waals surface area contributed by atoms with E-state index in [1.807, 2.05) is 18.2 Å². The zero-order valence-corrected chi connectivity index (χ0v) is 23.5. The number of carboxylic acids is 2. The van der Waals surface area contributed by atoms with Crippen LogP contribution >= 0.6 is 12.4 Å². The standard InChI is InChI=1S/C23H18F3N3O.C8H6O4.ClH/c1-14-6-3-4-9-18(14)19-11-10-16(13-20(19)23(24,25)26)22-28-21(29-30-22)15-7-5-8-17(12-15)27-2;9-7(10)5-2-1-3-6(4-5)8(11)12;/h3-13,27H,1-2H3;1-4H,(H,9,10)(H,11,12);1H.